The molecule has 2 fully saturated rings. The molecule has 3 unspecified atom stereocenters. The number of likely N-dealkylation sites (tertiary alicyclic amines) is 2. The minimum Gasteiger partial charge on any atom is -0.369 e. The molecule has 0 aromatic heterocycles. The van der Waals surface area contributed by atoms with Crippen molar-refractivity contribution in [2.45, 2.75) is 38.3 Å². The summed E-state index contributed by atoms with van der Waals surface area (Å²) in [6.07, 6.45) is 1.18. The van der Waals surface area contributed by atoms with Gasteiger partial charge in [0.1, 0.15) is 6.04 Å². The number of hydrogen-bond acceptors (Lipinski definition) is 5. The number of primary amides is 1. The molecule has 8 nitrogen and oxygen atoms in total. The lowest BCUT2D eigenvalue weighted by Crippen LogP contribution is -2.45. The molecule has 3 atom stereocenters. The van der Waals surface area contributed by atoms with E-state index in [4.69, 9.17) is 5.73 Å². The quantitative estimate of drug-likeness (QED) is 0.657. The van der Waals surface area contributed by atoms with Gasteiger partial charge in [-0.15, -0.1) is 0 Å². The predicted molar refractivity (Wildman–Crippen MR) is 86.8 cm³/mol. The third kappa shape index (κ3) is 3.75. The van der Waals surface area contributed by atoms with E-state index in [9.17, 15) is 19.2 Å². The van der Waals surface area contributed by atoms with Crippen molar-refractivity contribution in [2.75, 3.05) is 33.7 Å². The van der Waals surface area contributed by atoms with Crippen molar-refractivity contribution in [1.29, 1.82) is 0 Å². The van der Waals surface area contributed by atoms with Crippen LogP contribution in [0.4, 0.5) is 0 Å². The Morgan fingerprint density at radius 3 is 2.50 bits per heavy atom. The van der Waals surface area contributed by atoms with Crippen molar-refractivity contribution in [3.8, 4) is 0 Å². The smallest absolute Gasteiger partial charge is 0.237 e. The first-order valence-corrected chi connectivity index (χ1v) is 8.28. The summed E-state index contributed by atoms with van der Waals surface area (Å²) in [5.74, 6) is -1.12. The Kier molecular flexibility index (Phi) is 5.58. The van der Waals surface area contributed by atoms with Crippen LogP contribution in [0.15, 0.2) is 0 Å². The summed E-state index contributed by atoms with van der Waals surface area (Å²) in [4.78, 5) is 53.1. The lowest BCUT2D eigenvalue weighted by atomic mass is 10.0. The van der Waals surface area contributed by atoms with E-state index >= 15 is 0 Å². The van der Waals surface area contributed by atoms with Crippen LogP contribution < -0.4 is 5.73 Å². The lowest BCUT2D eigenvalue weighted by molar-refractivity contribution is -0.136. The first-order chi connectivity index (χ1) is 11.2. The molecular formula is C16H26N4O4. The normalized spacial score (nSPS) is 24.4. The molecule has 0 saturated carbocycles. The van der Waals surface area contributed by atoms with Gasteiger partial charge in [-0.1, -0.05) is 6.92 Å². The van der Waals surface area contributed by atoms with Crippen molar-refractivity contribution in [2.24, 2.45) is 11.7 Å². The highest BCUT2D eigenvalue weighted by Gasteiger charge is 2.50. The van der Waals surface area contributed by atoms with Crippen LogP contribution >= 0.6 is 0 Å². The Morgan fingerprint density at radius 2 is 1.92 bits per heavy atom. The van der Waals surface area contributed by atoms with E-state index in [0.29, 0.717) is 19.4 Å². The van der Waals surface area contributed by atoms with Crippen LogP contribution in [0.3, 0.4) is 0 Å². The second-order valence-corrected chi connectivity index (χ2v) is 6.96. The van der Waals surface area contributed by atoms with Crippen molar-refractivity contribution >= 4 is 23.5 Å². The van der Waals surface area contributed by atoms with E-state index < -0.39 is 11.9 Å². The SMILES string of the molecule is CC(CCC(=O)N1CCC2C1C(=O)CN2C(=O)CN(C)C)C(N)=O. The summed E-state index contributed by atoms with van der Waals surface area (Å²) >= 11 is 0. The molecular weight excluding hydrogens is 312 g/mol. The van der Waals surface area contributed by atoms with Crippen LogP contribution in [0.1, 0.15) is 26.2 Å². The second kappa shape index (κ2) is 7.29. The maximum atomic E-state index is 12.4. The largest absolute Gasteiger partial charge is 0.369 e. The minimum atomic E-state index is -0.535. The molecule has 24 heavy (non-hydrogen) atoms. The summed E-state index contributed by atoms with van der Waals surface area (Å²) in [6.45, 7) is 2.48. The van der Waals surface area contributed by atoms with Gasteiger partial charge in [0.2, 0.25) is 17.7 Å². The number of Topliss-reactive ketones (excluding diaryl/α,β-unsaturated/α-hetero) is 1. The fourth-order valence-corrected chi connectivity index (χ4v) is 3.41. The summed E-state index contributed by atoms with van der Waals surface area (Å²) in [7, 11) is 3.61. The van der Waals surface area contributed by atoms with E-state index in [1.165, 1.54) is 0 Å². The van der Waals surface area contributed by atoms with E-state index in [2.05, 4.69) is 0 Å². The zero-order chi connectivity index (χ0) is 18.0. The minimum absolute atomic E-state index is 0.0729. The third-order valence-electron chi connectivity index (χ3n) is 4.79. The van der Waals surface area contributed by atoms with Gasteiger partial charge in [-0.25, -0.2) is 0 Å². The Labute approximate surface area is 141 Å². The number of likely N-dealkylation sites (N-methyl/N-ethyl adjacent to an activating group) is 1. The first-order valence-electron chi connectivity index (χ1n) is 8.28. The third-order valence-corrected chi connectivity index (χ3v) is 4.79. The zero-order valence-electron chi connectivity index (χ0n) is 14.5. The second-order valence-electron chi connectivity index (χ2n) is 6.96. The van der Waals surface area contributed by atoms with Gasteiger partial charge in [0, 0.05) is 18.9 Å². The predicted octanol–water partition coefficient (Wildman–Crippen LogP) is -1.17. The molecule has 0 bridgehead atoms. The molecule has 134 valence electrons. The lowest BCUT2D eigenvalue weighted by Gasteiger charge is -2.25. The van der Waals surface area contributed by atoms with Gasteiger partial charge in [0.15, 0.2) is 5.78 Å². The van der Waals surface area contributed by atoms with Crippen LogP contribution in [0.5, 0.6) is 0 Å². The molecule has 0 aromatic rings. The highest BCUT2D eigenvalue weighted by Crippen LogP contribution is 2.30. The van der Waals surface area contributed by atoms with Crippen LogP contribution in [0, 0.1) is 5.92 Å². The number of fused-ring (bicyclic) bond motifs is 1. The number of carbonyl (C=O) groups excluding carboxylic acids is 4. The summed E-state index contributed by atoms with van der Waals surface area (Å²) in [5, 5.41) is 0. The highest BCUT2D eigenvalue weighted by atomic mass is 16.2. The van der Waals surface area contributed by atoms with Crippen LogP contribution in [0.25, 0.3) is 0 Å². The van der Waals surface area contributed by atoms with Gasteiger partial charge in [-0.05, 0) is 26.9 Å². The fourth-order valence-electron chi connectivity index (χ4n) is 3.41. The van der Waals surface area contributed by atoms with E-state index in [0.717, 1.165) is 0 Å². The fraction of sp³-hybridized carbons (Fsp3) is 0.750. The molecule has 3 amide bonds. The van der Waals surface area contributed by atoms with Gasteiger partial charge >= 0.3 is 0 Å². The van der Waals surface area contributed by atoms with Gasteiger partial charge in [0.05, 0.1) is 19.1 Å². The summed E-state index contributed by atoms with van der Waals surface area (Å²) in [6, 6.07) is -0.755. The number of rotatable bonds is 6. The van der Waals surface area contributed by atoms with Gasteiger partial charge in [0.25, 0.3) is 0 Å². The number of nitrogens with two attached hydrogens (primary N) is 1. The molecule has 0 aromatic carbocycles. The number of ketones is 1. The molecule has 2 saturated heterocycles. The molecule has 0 spiro atoms. The molecule has 2 aliphatic heterocycles. The Bertz CT molecular complexity index is 548. The number of carbonyl (C=O) groups is 4. The van der Waals surface area contributed by atoms with Gasteiger partial charge < -0.3 is 20.4 Å². The Balaban J connectivity index is 1.99. The molecule has 0 aliphatic carbocycles. The highest BCUT2D eigenvalue weighted by molar-refractivity contribution is 5.97. The van der Waals surface area contributed by atoms with Crippen molar-refractivity contribution in [1.82, 2.24) is 14.7 Å². The maximum Gasteiger partial charge on any atom is 0.237 e. The van der Waals surface area contributed by atoms with Crippen molar-refractivity contribution in [3.05, 3.63) is 0 Å². The van der Waals surface area contributed by atoms with Crippen LogP contribution in [-0.2, 0) is 19.2 Å². The van der Waals surface area contributed by atoms with Crippen molar-refractivity contribution in [3.63, 3.8) is 0 Å². The molecule has 8 heteroatoms. The first kappa shape index (κ1) is 18.4. The summed E-state index contributed by atoms with van der Waals surface area (Å²) in [5.41, 5.74) is 5.21. The monoisotopic (exact) mass is 338 g/mol. The zero-order valence-corrected chi connectivity index (χ0v) is 14.5. The van der Waals surface area contributed by atoms with E-state index in [1.807, 2.05) is 0 Å². The standard InChI is InChI=1S/C16H26N4O4/c1-10(16(17)24)4-5-13(22)19-7-6-11-15(19)12(21)8-20(11)14(23)9-18(2)3/h10-11,15H,4-9H2,1-3H3,(H2,17,24). The molecule has 2 N–H and O–H groups in total. The van der Waals surface area contributed by atoms with E-state index in [1.54, 1.807) is 35.7 Å². The topological polar surface area (TPSA) is 104 Å². The van der Waals surface area contributed by atoms with Crippen molar-refractivity contribution < 1.29 is 19.2 Å². The van der Waals surface area contributed by atoms with Gasteiger partial charge in [-0.2, -0.15) is 0 Å². The molecule has 2 rings (SSSR count). The molecule has 2 aliphatic rings. The summed E-state index contributed by atoms with van der Waals surface area (Å²) < 4.78 is 0. The number of amides is 3. The Morgan fingerprint density at radius 1 is 1.25 bits per heavy atom. The number of hydrogen-bond donors (Lipinski definition) is 1. The van der Waals surface area contributed by atoms with Crippen LogP contribution in [-0.4, -0.2) is 84.0 Å². The van der Waals surface area contributed by atoms with E-state index in [-0.39, 0.29) is 49.1 Å². The average molecular weight is 338 g/mol. The van der Waals surface area contributed by atoms with Gasteiger partial charge in [-0.3, -0.25) is 19.2 Å². The maximum absolute atomic E-state index is 12.4. The van der Waals surface area contributed by atoms with Crippen LogP contribution in [0.2, 0.25) is 0 Å². The molecule has 2 heterocycles. The molecule has 0 radical (unpaired) electrons. The average Bonchev–Trinajstić information content (AvgIpc) is 3.05. The Hall–Kier alpha value is -1.96. The number of nitrogens with zero attached hydrogens (tertiary/aromatic N) is 3.